The van der Waals surface area contributed by atoms with E-state index in [-0.39, 0.29) is 17.7 Å². The number of halogens is 2. The molecular weight excluding hydrogens is 429 g/mol. The molecule has 2 aliphatic rings. The fraction of sp³-hybridized carbons (Fsp3) is 0.273. The molecule has 29 heavy (non-hydrogen) atoms. The minimum atomic E-state index is -0.311. The van der Waals surface area contributed by atoms with Gasteiger partial charge in [-0.25, -0.2) is 0 Å². The van der Waals surface area contributed by atoms with Gasteiger partial charge in [0.1, 0.15) is 5.75 Å². The van der Waals surface area contributed by atoms with E-state index in [0.717, 1.165) is 47.9 Å². The Balaban J connectivity index is 1.61. The highest BCUT2D eigenvalue weighted by Gasteiger charge is 2.35. The molecule has 0 radical (unpaired) electrons. The number of hydrogen-bond acceptors (Lipinski definition) is 4. The highest BCUT2D eigenvalue weighted by Crippen LogP contribution is 2.37. The Hall–Kier alpha value is -1.95. The molecule has 0 spiro atoms. The van der Waals surface area contributed by atoms with Crippen molar-refractivity contribution >= 4 is 52.2 Å². The van der Waals surface area contributed by atoms with Crippen LogP contribution in [0.4, 0.5) is 4.79 Å². The van der Waals surface area contributed by atoms with Crippen molar-refractivity contribution in [1.82, 2.24) is 4.90 Å². The van der Waals surface area contributed by atoms with Crippen LogP contribution in [0, 0.1) is 0 Å². The van der Waals surface area contributed by atoms with Crippen molar-refractivity contribution < 1.29 is 14.3 Å². The summed E-state index contributed by atoms with van der Waals surface area (Å²) >= 11 is 12.9. The van der Waals surface area contributed by atoms with E-state index < -0.39 is 0 Å². The van der Waals surface area contributed by atoms with Crippen LogP contribution < -0.4 is 4.74 Å². The Labute approximate surface area is 183 Å². The molecule has 0 unspecified atom stereocenters. The van der Waals surface area contributed by atoms with Gasteiger partial charge in [0.2, 0.25) is 0 Å². The van der Waals surface area contributed by atoms with Crippen LogP contribution >= 0.6 is 35.0 Å². The lowest BCUT2D eigenvalue weighted by atomic mass is 10.0. The van der Waals surface area contributed by atoms with Crippen LogP contribution in [0.1, 0.15) is 35.6 Å². The molecule has 1 aliphatic carbocycles. The summed E-state index contributed by atoms with van der Waals surface area (Å²) in [4.78, 5) is 27.0. The second-order valence-electron chi connectivity index (χ2n) is 6.96. The van der Waals surface area contributed by atoms with Crippen LogP contribution in [0.2, 0.25) is 10.0 Å². The Bertz CT molecular complexity index is 1030. The summed E-state index contributed by atoms with van der Waals surface area (Å²) in [6.07, 6.45) is 4.98. The van der Waals surface area contributed by atoms with Crippen molar-refractivity contribution in [3.05, 3.63) is 67.5 Å². The van der Waals surface area contributed by atoms with E-state index >= 15 is 0 Å². The molecule has 0 bridgehead atoms. The van der Waals surface area contributed by atoms with Gasteiger partial charge in [-0.05, 0) is 85.0 Å². The third-order valence-corrected chi connectivity index (χ3v) is 6.66. The first kappa shape index (κ1) is 20.3. The summed E-state index contributed by atoms with van der Waals surface area (Å²) in [5, 5.41) is 0.530. The van der Waals surface area contributed by atoms with Crippen LogP contribution in [0.25, 0.3) is 6.08 Å². The van der Waals surface area contributed by atoms with Crippen LogP contribution in [0.5, 0.6) is 5.75 Å². The Morgan fingerprint density at radius 2 is 1.86 bits per heavy atom. The highest BCUT2D eigenvalue weighted by atomic mass is 35.5. The number of aryl methyl sites for hydroxylation is 2. The number of fused-ring (bicyclic) bond motifs is 1. The summed E-state index contributed by atoms with van der Waals surface area (Å²) in [6.45, 7) is 2.63. The maximum atomic E-state index is 12.9. The van der Waals surface area contributed by atoms with Gasteiger partial charge in [0.05, 0.1) is 28.1 Å². The van der Waals surface area contributed by atoms with E-state index in [1.807, 2.05) is 6.92 Å². The third kappa shape index (κ3) is 4.18. The lowest BCUT2D eigenvalue weighted by Crippen LogP contribution is -2.27. The highest BCUT2D eigenvalue weighted by molar-refractivity contribution is 8.18. The maximum Gasteiger partial charge on any atom is 0.293 e. The normalized spacial score (nSPS) is 17.3. The number of nitrogens with zero attached hydrogens (tertiary/aromatic N) is 1. The summed E-state index contributed by atoms with van der Waals surface area (Å²) in [7, 11) is 0. The van der Waals surface area contributed by atoms with Gasteiger partial charge in [-0.2, -0.15) is 0 Å². The summed E-state index contributed by atoms with van der Waals surface area (Å²) < 4.78 is 5.79. The molecule has 150 valence electrons. The van der Waals surface area contributed by atoms with Gasteiger partial charge in [-0.1, -0.05) is 29.3 Å². The number of benzene rings is 2. The summed E-state index contributed by atoms with van der Waals surface area (Å²) in [5.41, 5.74) is 4.18. The van der Waals surface area contributed by atoms with E-state index in [2.05, 4.69) is 12.1 Å². The molecular formula is C22H19Cl2NO3S. The Morgan fingerprint density at radius 1 is 1.10 bits per heavy atom. The molecule has 0 atom stereocenters. The molecule has 0 N–H and O–H groups in total. The van der Waals surface area contributed by atoms with Crippen LogP contribution in [-0.2, 0) is 24.2 Å². The number of hydrogen-bond donors (Lipinski definition) is 0. The summed E-state index contributed by atoms with van der Waals surface area (Å²) in [6, 6.07) is 9.24. The van der Waals surface area contributed by atoms with Gasteiger partial charge >= 0.3 is 0 Å². The number of carbonyl (C=O) groups excluding carboxylic acids is 2. The minimum absolute atomic E-state index is 0.154. The monoisotopic (exact) mass is 447 g/mol. The minimum Gasteiger partial charge on any atom is -0.493 e. The fourth-order valence-electron chi connectivity index (χ4n) is 3.61. The lowest BCUT2D eigenvalue weighted by Gasteiger charge is -2.13. The number of thioether (sulfide) groups is 1. The first-order valence-corrected chi connectivity index (χ1v) is 11.0. The van der Waals surface area contributed by atoms with Crippen molar-refractivity contribution in [2.45, 2.75) is 32.7 Å². The Kier molecular flexibility index (Phi) is 5.91. The van der Waals surface area contributed by atoms with Crippen molar-refractivity contribution in [1.29, 1.82) is 0 Å². The molecule has 4 rings (SSSR count). The second kappa shape index (κ2) is 8.42. The van der Waals surface area contributed by atoms with Gasteiger partial charge in [-0.15, -0.1) is 0 Å². The van der Waals surface area contributed by atoms with Gasteiger partial charge in [0.15, 0.2) is 0 Å². The predicted molar refractivity (Wildman–Crippen MR) is 118 cm³/mol. The molecule has 4 nitrogen and oxygen atoms in total. The number of carbonyl (C=O) groups is 2. The van der Waals surface area contributed by atoms with Gasteiger partial charge < -0.3 is 4.74 Å². The van der Waals surface area contributed by atoms with Gasteiger partial charge in [-0.3, -0.25) is 14.5 Å². The van der Waals surface area contributed by atoms with Gasteiger partial charge in [0, 0.05) is 5.56 Å². The standard InChI is InChI=1S/C22H19Cl2NO3S/c1-2-28-19-10-15-5-3-4-14(15)9-16(19)11-20-21(26)25(22(27)29-20)12-13-6-7-17(23)18(24)8-13/h6-11H,2-5,12H2,1H3/b20-11+. The van der Waals surface area contributed by atoms with Crippen molar-refractivity contribution in [2.24, 2.45) is 0 Å². The zero-order valence-electron chi connectivity index (χ0n) is 15.8. The molecule has 1 aliphatic heterocycles. The Morgan fingerprint density at radius 3 is 2.59 bits per heavy atom. The summed E-state index contributed by atoms with van der Waals surface area (Å²) in [5.74, 6) is 0.443. The number of amides is 2. The van der Waals surface area contributed by atoms with Crippen LogP contribution in [0.3, 0.4) is 0 Å². The second-order valence-corrected chi connectivity index (χ2v) is 8.77. The molecule has 2 aromatic carbocycles. The molecule has 1 heterocycles. The van der Waals surface area contributed by atoms with E-state index in [4.69, 9.17) is 27.9 Å². The average Bonchev–Trinajstić information content (AvgIpc) is 3.24. The molecule has 0 saturated carbocycles. The van der Waals surface area contributed by atoms with E-state index in [0.29, 0.717) is 21.6 Å². The lowest BCUT2D eigenvalue weighted by molar-refractivity contribution is -0.123. The maximum absolute atomic E-state index is 12.9. The van der Waals surface area contributed by atoms with Crippen molar-refractivity contribution in [3.63, 3.8) is 0 Å². The van der Waals surface area contributed by atoms with Crippen molar-refractivity contribution in [2.75, 3.05) is 6.61 Å². The average molecular weight is 448 g/mol. The number of ether oxygens (including phenoxy) is 1. The molecule has 1 saturated heterocycles. The zero-order valence-corrected chi connectivity index (χ0v) is 18.2. The molecule has 2 amide bonds. The fourth-order valence-corrected chi connectivity index (χ4v) is 4.76. The smallest absolute Gasteiger partial charge is 0.293 e. The first-order valence-electron chi connectivity index (χ1n) is 9.44. The SMILES string of the molecule is CCOc1cc2c(cc1/C=C1/SC(=O)N(Cc3ccc(Cl)c(Cl)c3)C1=O)CCC2. The number of rotatable bonds is 5. The van der Waals surface area contributed by atoms with Gasteiger partial charge in [0.25, 0.3) is 11.1 Å². The van der Waals surface area contributed by atoms with Crippen LogP contribution in [-0.4, -0.2) is 22.7 Å². The predicted octanol–water partition coefficient (Wildman–Crippen LogP) is 6.12. The van der Waals surface area contributed by atoms with E-state index in [1.165, 1.54) is 16.0 Å². The molecule has 0 aromatic heterocycles. The van der Waals surface area contributed by atoms with Crippen LogP contribution in [0.15, 0.2) is 35.2 Å². The molecule has 1 fully saturated rings. The van der Waals surface area contributed by atoms with E-state index in [1.54, 1.807) is 24.3 Å². The van der Waals surface area contributed by atoms with E-state index in [9.17, 15) is 9.59 Å². The van der Waals surface area contributed by atoms with Crippen molar-refractivity contribution in [3.8, 4) is 5.75 Å². The molecule has 2 aromatic rings. The number of imide groups is 1. The zero-order chi connectivity index (χ0) is 20.5. The topological polar surface area (TPSA) is 46.6 Å². The quantitative estimate of drug-likeness (QED) is 0.518. The third-order valence-electron chi connectivity index (χ3n) is 5.01. The first-order chi connectivity index (χ1) is 14.0. The largest absolute Gasteiger partial charge is 0.493 e. The molecule has 7 heteroatoms.